The predicted molar refractivity (Wildman–Crippen MR) is 78.7 cm³/mol. The zero-order valence-electron chi connectivity index (χ0n) is 12.2. The highest BCUT2D eigenvalue weighted by Crippen LogP contribution is 2.22. The molecule has 0 unspecified atom stereocenters. The molecule has 0 bridgehead atoms. The molecule has 0 aliphatic heterocycles. The highest BCUT2D eigenvalue weighted by Gasteiger charge is 2.18. The van der Waals surface area contributed by atoms with Gasteiger partial charge in [0.25, 0.3) is 5.91 Å². The smallest absolute Gasteiger partial charge is 0.251 e. The molecule has 1 atom stereocenters. The lowest BCUT2D eigenvalue weighted by atomic mass is 10.1. The molecule has 1 aliphatic rings. The largest absolute Gasteiger partial charge is 0.354 e. The summed E-state index contributed by atoms with van der Waals surface area (Å²) in [4.78, 5) is 23.9. The molecule has 20 heavy (non-hydrogen) atoms. The van der Waals surface area contributed by atoms with Crippen molar-refractivity contribution in [2.24, 2.45) is 0 Å². The van der Waals surface area contributed by atoms with Crippen LogP contribution in [0.3, 0.4) is 0 Å². The molecule has 0 spiro atoms. The zero-order valence-corrected chi connectivity index (χ0v) is 12.2. The lowest BCUT2D eigenvalue weighted by Crippen LogP contribution is -2.45. The average molecular weight is 274 g/mol. The van der Waals surface area contributed by atoms with Crippen molar-refractivity contribution in [2.75, 3.05) is 6.54 Å². The minimum atomic E-state index is -0.512. The highest BCUT2D eigenvalue weighted by molar-refractivity contribution is 5.97. The summed E-state index contributed by atoms with van der Waals surface area (Å²) in [6.45, 7) is 4.34. The predicted octanol–water partition coefficient (Wildman–Crippen LogP) is 1.82. The van der Waals surface area contributed by atoms with E-state index >= 15 is 0 Å². The molecule has 1 aromatic rings. The van der Waals surface area contributed by atoms with Gasteiger partial charge in [0.1, 0.15) is 6.04 Å². The second-order valence-electron chi connectivity index (χ2n) is 5.32. The quantitative estimate of drug-likeness (QED) is 0.860. The molecule has 4 nitrogen and oxygen atoms in total. The van der Waals surface area contributed by atoms with Crippen LogP contribution >= 0.6 is 0 Å². The summed E-state index contributed by atoms with van der Waals surface area (Å²) in [5.74, 6) is -0.319. The maximum absolute atomic E-state index is 12.1. The molecule has 2 rings (SSSR count). The minimum Gasteiger partial charge on any atom is -0.354 e. The fraction of sp³-hybridized carbons (Fsp3) is 0.500. The first-order valence-corrected chi connectivity index (χ1v) is 7.32. The molecule has 2 amide bonds. The fourth-order valence-electron chi connectivity index (χ4n) is 2.46. The molecule has 0 saturated carbocycles. The summed E-state index contributed by atoms with van der Waals surface area (Å²) < 4.78 is 0. The maximum atomic E-state index is 12.1. The second kappa shape index (κ2) is 6.55. The van der Waals surface area contributed by atoms with E-state index in [1.807, 2.05) is 25.1 Å². The summed E-state index contributed by atoms with van der Waals surface area (Å²) in [7, 11) is 0. The van der Waals surface area contributed by atoms with E-state index in [0.717, 1.165) is 25.7 Å². The van der Waals surface area contributed by atoms with E-state index in [0.29, 0.717) is 12.1 Å². The number of rotatable bonds is 5. The van der Waals surface area contributed by atoms with Crippen LogP contribution in [0.2, 0.25) is 0 Å². The van der Waals surface area contributed by atoms with Gasteiger partial charge >= 0.3 is 0 Å². The Morgan fingerprint density at radius 2 is 2.00 bits per heavy atom. The Kier molecular flexibility index (Phi) is 4.77. The van der Waals surface area contributed by atoms with E-state index < -0.39 is 6.04 Å². The zero-order chi connectivity index (χ0) is 14.5. The second-order valence-corrected chi connectivity index (χ2v) is 5.32. The Bertz CT molecular complexity index is 511. The molecule has 0 heterocycles. The molecule has 0 aromatic heterocycles. The van der Waals surface area contributed by atoms with Crippen molar-refractivity contribution in [3.63, 3.8) is 0 Å². The third kappa shape index (κ3) is 3.38. The van der Waals surface area contributed by atoms with E-state index in [1.54, 1.807) is 6.92 Å². The normalized spacial score (nSPS) is 14.5. The Morgan fingerprint density at radius 1 is 1.25 bits per heavy atom. The molecular weight excluding hydrogens is 252 g/mol. The summed E-state index contributed by atoms with van der Waals surface area (Å²) in [6, 6.07) is 5.31. The molecule has 108 valence electrons. The Balaban J connectivity index is 1.96. The van der Waals surface area contributed by atoms with Crippen molar-refractivity contribution in [1.82, 2.24) is 10.6 Å². The van der Waals surface area contributed by atoms with Crippen LogP contribution in [0, 0.1) is 0 Å². The van der Waals surface area contributed by atoms with Gasteiger partial charge in [0, 0.05) is 12.1 Å². The first-order valence-electron chi connectivity index (χ1n) is 7.32. The van der Waals surface area contributed by atoms with E-state index in [4.69, 9.17) is 0 Å². The number of amides is 2. The van der Waals surface area contributed by atoms with Crippen LogP contribution < -0.4 is 10.6 Å². The first-order chi connectivity index (χ1) is 9.61. The van der Waals surface area contributed by atoms with Crippen molar-refractivity contribution in [2.45, 2.75) is 45.6 Å². The lowest BCUT2D eigenvalue weighted by molar-refractivity contribution is -0.122. The van der Waals surface area contributed by atoms with Gasteiger partial charge in [-0.05, 0) is 55.9 Å². The third-order valence-electron chi connectivity index (χ3n) is 3.65. The van der Waals surface area contributed by atoms with E-state index in [1.165, 1.54) is 11.1 Å². The van der Waals surface area contributed by atoms with Gasteiger partial charge in [-0.25, -0.2) is 0 Å². The van der Waals surface area contributed by atoms with Gasteiger partial charge in [-0.2, -0.15) is 0 Å². The SMILES string of the molecule is CCCNC(=O)[C@@H](C)NC(=O)c1ccc2c(c1)CCC2. The van der Waals surface area contributed by atoms with Crippen LogP contribution in [-0.4, -0.2) is 24.4 Å². The Hall–Kier alpha value is -1.84. The number of nitrogens with one attached hydrogen (secondary N) is 2. The first kappa shape index (κ1) is 14.6. The van der Waals surface area contributed by atoms with Crippen LogP contribution in [0.1, 0.15) is 48.2 Å². The van der Waals surface area contributed by atoms with E-state index in [2.05, 4.69) is 10.6 Å². The van der Waals surface area contributed by atoms with Crippen molar-refractivity contribution >= 4 is 11.8 Å². The van der Waals surface area contributed by atoms with Crippen molar-refractivity contribution in [3.05, 3.63) is 34.9 Å². The van der Waals surface area contributed by atoms with E-state index in [9.17, 15) is 9.59 Å². The molecule has 0 saturated heterocycles. The monoisotopic (exact) mass is 274 g/mol. The van der Waals surface area contributed by atoms with Crippen LogP contribution in [0.25, 0.3) is 0 Å². The summed E-state index contributed by atoms with van der Waals surface area (Å²) in [6.07, 6.45) is 4.20. The molecule has 1 aromatic carbocycles. The number of hydrogen-bond acceptors (Lipinski definition) is 2. The molecular formula is C16H22N2O2. The van der Waals surface area contributed by atoms with Gasteiger partial charge in [0.2, 0.25) is 5.91 Å². The van der Waals surface area contributed by atoms with Crippen LogP contribution in [0.4, 0.5) is 0 Å². The van der Waals surface area contributed by atoms with Crippen LogP contribution in [0.15, 0.2) is 18.2 Å². The van der Waals surface area contributed by atoms with Gasteiger partial charge in [0.15, 0.2) is 0 Å². The van der Waals surface area contributed by atoms with Gasteiger partial charge in [-0.3, -0.25) is 9.59 Å². The number of fused-ring (bicyclic) bond motifs is 1. The molecule has 0 radical (unpaired) electrons. The van der Waals surface area contributed by atoms with Crippen LogP contribution in [-0.2, 0) is 17.6 Å². The standard InChI is InChI=1S/C16H22N2O2/c1-3-9-17-15(19)11(2)18-16(20)14-8-7-12-5-4-6-13(12)10-14/h7-8,10-11H,3-6,9H2,1-2H3,(H,17,19)(H,18,20)/t11-/m1/s1. The number of aryl methyl sites for hydroxylation is 2. The summed E-state index contributed by atoms with van der Waals surface area (Å²) in [5.41, 5.74) is 3.25. The Morgan fingerprint density at radius 3 is 2.75 bits per heavy atom. The molecule has 2 N–H and O–H groups in total. The van der Waals surface area contributed by atoms with Crippen molar-refractivity contribution in [1.29, 1.82) is 0 Å². The Labute approximate surface area is 119 Å². The fourth-order valence-corrected chi connectivity index (χ4v) is 2.46. The number of carbonyl (C=O) groups excluding carboxylic acids is 2. The van der Waals surface area contributed by atoms with Gasteiger partial charge in [0.05, 0.1) is 0 Å². The van der Waals surface area contributed by atoms with Crippen molar-refractivity contribution in [3.8, 4) is 0 Å². The van der Waals surface area contributed by atoms with Gasteiger partial charge in [-0.1, -0.05) is 13.0 Å². The van der Waals surface area contributed by atoms with Gasteiger partial charge < -0.3 is 10.6 Å². The minimum absolute atomic E-state index is 0.138. The maximum Gasteiger partial charge on any atom is 0.251 e. The van der Waals surface area contributed by atoms with Gasteiger partial charge in [-0.15, -0.1) is 0 Å². The number of benzene rings is 1. The number of hydrogen-bond donors (Lipinski definition) is 2. The molecule has 1 aliphatic carbocycles. The van der Waals surface area contributed by atoms with Crippen LogP contribution in [0.5, 0.6) is 0 Å². The molecule has 0 fully saturated rings. The lowest BCUT2D eigenvalue weighted by Gasteiger charge is -2.14. The number of carbonyl (C=O) groups is 2. The third-order valence-corrected chi connectivity index (χ3v) is 3.65. The van der Waals surface area contributed by atoms with Crippen molar-refractivity contribution < 1.29 is 9.59 Å². The average Bonchev–Trinajstić information content (AvgIpc) is 2.91. The topological polar surface area (TPSA) is 58.2 Å². The molecule has 4 heteroatoms. The van der Waals surface area contributed by atoms with E-state index in [-0.39, 0.29) is 11.8 Å². The highest BCUT2D eigenvalue weighted by atomic mass is 16.2. The summed E-state index contributed by atoms with van der Waals surface area (Å²) >= 11 is 0. The summed E-state index contributed by atoms with van der Waals surface area (Å²) in [5, 5.41) is 5.52.